The van der Waals surface area contributed by atoms with Crippen molar-refractivity contribution in [2.45, 2.75) is 84.3 Å². The Labute approximate surface area is 180 Å². The summed E-state index contributed by atoms with van der Waals surface area (Å²) in [4.78, 5) is 44.4. The summed E-state index contributed by atoms with van der Waals surface area (Å²) >= 11 is 0. The summed E-state index contributed by atoms with van der Waals surface area (Å²) in [6.45, 7) is 9.57. The Morgan fingerprint density at radius 3 is 2.63 bits per heavy atom. The molecule has 2 heterocycles. The van der Waals surface area contributed by atoms with Gasteiger partial charge in [0.25, 0.3) is 5.91 Å². The number of para-hydroxylation sites is 1. The van der Waals surface area contributed by atoms with Gasteiger partial charge in [-0.15, -0.1) is 0 Å². The van der Waals surface area contributed by atoms with Crippen molar-refractivity contribution in [3.63, 3.8) is 0 Å². The van der Waals surface area contributed by atoms with E-state index in [0.717, 1.165) is 25.8 Å². The van der Waals surface area contributed by atoms with Gasteiger partial charge in [0.1, 0.15) is 5.66 Å². The predicted molar refractivity (Wildman–Crippen MR) is 118 cm³/mol. The molecule has 30 heavy (non-hydrogen) atoms. The van der Waals surface area contributed by atoms with Gasteiger partial charge in [-0.2, -0.15) is 0 Å². The third-order valence-corrected chi connectivity index (χ3v) is 6.71. The Morgan fingerprint density at radius 2 is 1.93 bits per heavy atom. The number of unbranched alkanes of at least 4 members (excludes halogenated alkanes) is 1. The standard InChI is InChI=1S/C24H35N3O3/c1-5-7-16-25(18(3)6-2)21(28)13-10-17-26-23(30)19-11-8-9-12-20(19)27-22(29)14-15-24(26,27)4/h8-9,11-12,18H,5-7,10,13-17H2,1-4H3. The van der Waals surface area contributed by atoms with Gasteiger partial charge < -0.3 is 9.80 Å². The van der Waals surface area contributed by atoms with Gasteiger partial charge in [0.15, 0.2) is 0 Å². The third-order valence-electron chi connectivity index (χ3n) is 6.71. The van der Waals surface area contributed by atoms with Crippen LogP contribution in [0, 0.1) is 0 Å². The van der Waals surface area contributed by atoms with E-state index in [9.17, 15) is 14.4 Å². The van der Waals surface area contributed by atoms with Crippen LogP contribution in [0.3, 0.4) is 0 Å². The molecule has 0 N–H and O–H groups in total. The molecule has 3 rings (SSSR count). The van der Waals surface area contributed by atoms with Crippen molar-refractivity contribution in [2.24, 2.45) is 0 Å². The largest absolute Gasteiger partial charge is 0.340 e. The fraction of sp³-hybridized carbons (Fsp3) is 0.625. The summed E-state index contributed by atoms with van der Waals surface area (Å²) < 4.78 is 0. The molecule has 6 heteroatoms. The first-order chi connectivity index (χ1) is 14.3. The quantitative estimate of drug-likeness (QED) is 0.610. The summed E-state index contributed by atoms with van der Waals surface area (Å²) in [6, 6.07) is 7.57. The molecule has 0 spiro atoms. The third kappa shape index (κ3) is 3.96. The lowest BCUT2D eigenvalue weighted by Gasteiger charge is -2.48. The molecule has 1 aromatic carbocycles. The van der Waals surface area contributed by atoms with Crippen molar-refractivity contribution in [3.8, 4) is 0 Å². The number of hydrogen-bond acceptors (Lipinski definition) is 3. The Morgan fingerprint density at radius 1 is 1.20 bits per heavy atom. The van der Waals surface area contributed by atoms with E-state index in [4.69, 9.17) is 0 Å². The van der Waals surface area contributed by atoms with Crippen LogP contribution in [0.4, 0.5) is 5.69 Å². The molecule has 2 aliphatic heterocycles. The van der Waals surface area contributed by atoms with Crippen LogP contribution in [-0.2, 0) is 9.59 Å². The molecule has 2 atom stereocenters. The summed E-state index contributed by atoms with van der Waals surface area (Å²) in [5, 5.41) is 0. The van der Waals surface area contributed by atoms with Crippen molar-refractivity contribution in [3.05, 3.63) is 29.8 Å². The minimum atomic E-state index is -0.649. The molecule has 0 aromatic heterocycles. The predicted octanol–water partition coefficient (Wildman–Crippen LogP) is 4.19. The number of nitrogens with zero attached hydrogens (tertiary/aromatic N) is 3. The maximum absolute atomic E-state index is 13.3. The lowest BCUT2D eigenvalue weighted by atomic mass is 9.97. The van der Waals surface area contributed by atoms with E-state index in [2.05, 4.69) is 20.8 Å². The fourth-order valence-corrected chi connectivity index (χ4v) is 4.71. The van der Waals surface area contributed by atoms with Gasteiger partial charge in [-0.05, 0) is 51.7 Å². The number of carbonyl (C=O) groups excluding carboxylic acids is 3. The molecule has 1 saturated heterocycles. The average molecular weight is 414 g/mol. The van der Waals surface area contributed by atoms with Crippen LogP contribution in [0.2, 0.25) is 0 Å². The molecule has 1 fully saturated rings. The molecule has 3 amide bonds. The summed E-state index contributed by atoms with van der Waals surface area (Å²) in [7, 11) is 0. The van der Waals surface area contributed by atoms with Crippen molar-refractivity contribution >= 4 is 23.4 Å². The number of anilines is 1. The number of rotatable bonds is 9. The second-order valence-corrected chi connectivity index (χ2v) is 8.72. The zero-order valence-corrected chi connectivity index (χ0v) is 18.8. The Hall–Kier alpha value is -2.37. The highest BCUT2D eigenvalue weighted by atomic mass is 16.2. The van der Waals surface area contributed by atoms with Crippen LogP contribution in [0.25, 0.3) is 0 Å². The zero-order chi connectivity index (χ0) is 21.9. The van der Waals surface area contributed by atoms with Crippen LogP contribution in [-0.4, -0.2) is 52.3 Å². The van der Waals surface area contributed by atoms with Gasteiger partial charge in [-0.25, -0.2) is 0 Å². The second kappa shape index (κ2) is 9.19. The molecule has 1 aromatic rings. The van der Waals surface area contributed by atoms with Crippen molar-refractivity contribution < 1.29 is 14.4 Å². The first-order valence-electron chi connectivity index (χ1n) is 11.4. The first-order valence-corrected chi connectivity index (χ1v) is 11.4. The molecular formula is C24H35N3O3. The fourth-order valence-electron chi connectivity index (χ4n) is 4.71. The van der Waals surface area contributed by atoms with Gasteiger partial charge >= 0.3 is 0 Å². The highest BCUT2D eigenvalue weighted by Crippen LogP contribution is 2.44. The Kier molecular flexibility index (Phi) is 6.84. The topological polar surface area (TPSA) is 60.9 Å². The summed E-state index contributed by atoms with van der Waals surface area (Å²) in [5.74, 6) is 0.171. The van der Waals surface area contributed by atoms with Crippen LogP contribution in [0.1, 0.15) is 83.0 Å². The highest BCUT2D eigenvalue weighted by Gasteiger charge is 2.52. The van der Waals surface area contributed by atoms with Crippen LogP contribution in [0.5, 0.6) is 0 Å². The summed E-state index contributed by atoms with van der Waals surface area (Å²) in [5.41, 5.74) is 0.632. The van der Waals surface area contributed by atoms with Crippen LogP contribution in [0.15, 0.2) is 24.3 Å². The zero-order valence-electron chi connectivity index (χ0n) is 18.8. The number of fused-ring (bicyclic) bond motifs is 3. The lowest BCUT2D eigenvalue weighted by Crippen LogP contribution is -2.62. The molecule has 0 bridgehead atoms. The van der Waals surface area contributed by atoms with E-state index in [1.807, 2.05) is 34.9 Å². The molecular weight excluding hydrogens is 378 g/mol. The molecule has 6 nitrogen and oxygen atoms in total. The number of amides is 3. The average Bonchev–Trinajstić information content (AvgIpc) is 3.05. The van der Waals surface area contributed by atoms with Crippen LogP contribution >= 0.6 is 0 Å². The van der Waals surface area contributed by atoms with Crippen LogP contribution < -0.4 is 4.90 Å². The van der Waals surface area contributed by atoms with Gasteiger partial charge in [-0.1, -0.05) is 32.4 Å². The first kappa shape index (κ1) is 22.3. The van der Waals surface area contributed by atoms with E-state index in [1.54, 1.807) is 11.0 Å². The lowest BCUT2D eigenvalue weighted by molar-refractivity contribution is -0.133. The van der Waals surface area contributed by atoms with Gasteiger partial charge in [-0.3, -0.25) is 19.3 Å². The Balaban J connectivity index is 1.72. The molecule has 0 aliphatic carbocycles. The monoisotopic (exact) mass is 413 g/mol. The minimum Gasteiger partial charge on any atom is -0.340 e. The number of carbonyl (C=O) groups is 3. The number of benzene rings is 1. The van der Waals surface area contributed by atoms with E-state index in [1.165, 1.54) is 0 Å². The molecule has 164 valence electrons. The molecule has 2 aliphatic rings. The number of hydrogen-bond donors (Lipinski definition) is 0. The summed E-state index contributed by atoms with van der Waals surface area (Å²) in [6.07, 6.45) is 5.08. The van der Waals surface area contributed by atoms with Crippen molar-refractivity contribution in [1.29, 1.82) is 0 Å². The van der Waals surface area contributed by atoms with Gasteiger partial charge in [0, 0.05) is 32.0 Å². The van der Waals surface area contributed by atoms with E-state index in [0.29, 0.717) is 43.5 Å². The van der Waals surface area contributed by atoms with E-state index < -0.39 is 5.66 Å². The molecule has 2 unspecified atom stereocenters. The van der Waals surface area contributed by atoms with E-state index >= 15 is 0 Å². The van der Waals surface area contributed by atoms with Crippen molar-refractivity contribution in [1.82, 2.24) is 9.80 Å². The smallest absolute Gasteiger partial charge is 0.257 e. The Bertz CT molecular complexity index is 809. The SMILES string of the molecule is CCCCN(C(=O)CCCN1C(=O)c2ccccc2N2C(=O)CCC12C)C(C)CC. The second-order valence-electron chi connectivity index (χ2n) is 8.72. The van der Waals surface area contributed by atoms with Crippen molar-refractivity contribution in [2.75, 3.05) is 18.0 Å². The highest BCUT2D eigenvalue weighted by molar-refractivity contribution is 6.10. The normalized spacial score (nSPS) is 21.5. The van der Waals surface area contributed by atoms with Gasteiger partial charge in [0.2, 0.25) is 11.8 Å². The molecule has 0 radical (unpaired) electrons. The van der Waals surface area contributed by atoms with Gasteiger partial charge in [0.05, 0.1) is 11.3 Å². The molecule has 0 saturated carbocycles. The maximum Gasteiger partial charge on any atom is 0.257 e. The van der Waals surface area contributed by atoms with E-state index in [-0.39, 0.29) is 23.8 Å². The maximum atomic E-state index is 13.3. The minimum absolute atomic E-state index is 0.0451.